The Bertz CT molecular complexity index is 655. The number of imidazole rings is 1. The number of rotatable bonds is 4. The van der Waals surface area contributed by atoms with Crippen molar-refractivity contribution in [3.63, 3.8) is 0 Å². The number of aryl methyl sites for hydroxylation is 1. The van der Waals surface area contributed by atoms with Gasteiger partial charge >= 0.3 is 0 Å². The molecule has 0 aliphatic carbocycles. The second-order valence-electron chi connectivity index (χ2n) is 5.16. The van der Waals surface area contributed by atoms with Crippen LogP contribution in [0, 0.1) is 5.82 Å². The van der Waals surface area contributed by atoms with Crippen molar-refractivity contribution in [1.82, 2.24) is 9.55 Å². The summed E-state index contributed by atoms with van der Waals surface area (Å²) in [5.74, 6) is 0.483. The van der Waals surface area contributed by atoms with Gasteiger partial charge in [0, 0.05) is 32.5 Å². The molecule has 22 heavy (non-hydrogen) atoms. The molecule has 0 unspecified atom stereocenters. The summed E-state index contributed by atoms with van der Waals surface area (Å²) in [5, 5.41) is 3.39. The van der Waals surface area contributed by atoms with Crippen LogP contribution in [0.3, 0.4) is 0 Å². The zero-order valence-electron chi connectivity index (χ0n) is 12.4. The fourth-order valence-corrected chi connectivity index (χ4v) is 2.67. The number of morpholine rings is 1. The molecule has 2 heterocycles. The quantitative estimate of drug-likeness (QED) is 0.939. The van der Waals surface area contributed by atoms with Crippen molar-refractivity contribution in [2.24, 2.45) is 7.05 Å². The maximum absolute atomic E-state index is 14.5. The number of aromatic nitrogens is 2. The fourth-order valence-electron chi connectivity index (χ4n) is 2.52. The number of hydrogen-bond donors (Lipinski definition) is 1. The molecule has 0 saturated carbocycles. The normalized spacial score (nSPS) is 15.1. The maximum atomic E-state index is 14.5. The van der Waals surface area contributed by atoms with E-state index in [9.17, 15) is 4.39 Å². The van der Waals surface area contributed by atoms with Crippen LogP contribution >= 0.6 is 11.6 Å². The van der Waals surface area contributed by atoms with Gasteiger partial charge in [-0.15, -0.1) is 0 Å². The first kappa shape index (κ1) is 15.1. The molecule has 0 bridgehead atoms. The number of benzene rings is 1. The van der Waals surface area contributed by atoms with Gasteiger partial charge in [0.2, 0.25) is 0 Å². The molecule has 0 radical (unpaired) electrons. The minimum atomic E-state index is -0.395. The number of nitrogens with zero attached hydrogens (tertiary/aromatic N) is 3. The Morgan fingerprint density at radius 3 is 2.82 bits per heavy atom. The van der Waals surface area contributed by atoms with Gasteiger partial charge in [-0.05, 0) is 12.1 Å². The SMILES string of the molecule is Cn1ccnc1CNc1ccc(Cl)c(F)c1N1CCOCC1. The highest BCUT2D eigenvalue weighted by Crippen LogP contribution is 2.34. The predicted octanol–water partition coefficient (Wildman–Crippen LogP) is 2.66. The van der Waals surface area contributed by atoms with Gasteiger partial charge in [0.15, 0.2) is 5.82 Å². The highest BCUT2D eigenvalue weighted by Gasteiger charge is 2.21. The lowest BCUT2D eigenvalue weighted by atomic mass is 10.2. The molecule has 1 saturated heterocycles. The molecule has 1 N–H and O–H groups in total. The molecule has 0 atom stereocenters. The van der Waals surface area contributed by atoms with E-state index in [1.54, 1.807) is 18.3 Å². The molecule has 0 spiro atoms. The van der Waals surface area contributed by atoms with Crippen molar-refractivity contribution in [2.75, 3.05) is 36.5 Å². The summed E-state index contributed by atoms with van der Waals surface area (Å²) in [5.41, 5.74) is 1.22. The molecule has 5 nitrogen and oxygen atoms in total. The molecule has 7 heteroatoms. The lowest BCUT2D eigenvalue weighted by Gasteiger charge is -2.31. The van der Waals surface area contributed by atoms with Crippen molar-refractivity contribution in [1.29, 1.82) is 0 Å². The van der Waals surface area contributed by atoms with Gasteiger partial charge in [-0.25, -0.2) is 9.37 Å². The molecule has 3 rings (SSSR count). The Hall–Kier alpha value is -1.79. The highest BCUT2D eigenvalue weighted by molar-refractivity contribution is 6.31. The average Bonchev–Trinajstić information content (AvgIpc) is 2.94. The molecule has 1 aliphatic rings. The van der Waals surface area contributed by atoms with E-state index in [-0.39, 0.29) is 5.02 Å². The number of ether oxygens (including phenoxy) is 1. The van der Waals surface area contributed by atoms with Gasteiger partial charge in [-0.2, -0.15) is 0 Å². The third-order valence-corrected chi connectivity index (χ3v) is 4.05. The molecule has 1 aliphatic heterocycles. The summed E-state index contributed by atoms with van der Waals surface area (Å²) in [4.78, 5) is 6.22. The second-order valence-corrected chi connectivity index (χ2v) is 5.57. The molecule has 0 amide bonds. The number of hydrogen-bond acceptors (Lipinski definition) is 4. The summed E-state index contributed by atoms with van der Waals surface area (Å²) in [6, 6.07) is 3.38. The van der Waals surface area contributed by atoms with Crippen LogP contribution in [-0.2, 0) is 18.3 Å². The van der Waals surface area contributed by atoms with Crippen molar-refractivity contribution in [3.8, 4) is 0 Å². The Morgan fingerprint density at radius 2 is 2.14 bits per heavy atom. The van der Waals surface area contributed by atoms with Crippen molar-refractivity contribution in [3.05, 3.63) is 41.2 Å². The molecule has 1 aromatic heterocycles. The Balaban J connectivity index is 1.86. The zero-order valence-corrected chi connectivity index (χ0v) is 13.1. The summed E-state index contributed by atoms with van der Waals surface area (Å²) in [6.07, 6.45) is 3.62. The second kappa shape index (κ2) is 6.54. The Kier molecular flexibility index (Phi) is 4.49. The molecular weight excluding hydrogens is 307 g/mol. The van der Waals surface area contributed by atoms with Gasteiger partial charge in [-0.1, -0.05) is 11.6 Å². The number of nitrogens with one attached hydrogen (secondary N) is 1. The molecular formula is C15H18ClFN4O. The predicted molar refractivity (Wildman–Crippen MR) is 85.0 cm³/mol. The zero-order chi connectivity index (χ0) is 15.5. The van der Waals surface area contributed by atoms with Crippen molar-refractivity contribution < 1.29 is 9.13 Å². The van der Waals surface area contributed by atoms with Gasteiger partial charge in [0.05, 0.1) is 36.2 Å². The van der Waals surface area contributed by atoms with E-state index in [4.69, 9.17) is 16.3 Å². The van der Waals surface area contributed by atoms with Crippen molar-refractivity contribution in [2.45, 2.75) is 6.54 Å². The summed E-state index contributed by atoms with van der Waals surface area (Å²) in [6.45, 7) is 2.99. The summed E-state index contributed by atoms with van der Waals surface area (Å²) >= 11 is 5.95. The van der Waals surface area contributed by atoms with E-state index in [1.807, 2.05) is 22.7 Å². The van der Waals surface area contributed by atoms with Crippen LogP contribution in [0.1, 0.15) is 5.82 Å². The van der Waals surface area contributed by atoms with Gasteiger partial charge < -0.3 is 19.5 Å². The summed E-state index contributed by atoms with van der Waals surface area (Å²) < 4.78 is 21.8. The minimum Gasteiger partial charge on any atom is -0.378 e. The maximum Gasteiger partial charge on any atom is 0.167 e. The van der Waals surface area contributed by atoms with Gasteiger partial charge in [0.1, 0.15) is 5.82 Å². The minimum absolute atomic E-state index is 0.129. The van der Waals surface area contributed by atoms with E-state index in [2.05, 4.69) is 10.3 Å². The van der Waals surface area contributed by atoms with Crippen LogP contribution in [0.5, 0.6) is 0 Å². The van der Waals surface area contributed by atoms with Crippen LogP contribution in [-0.4, -0.2) is 35.9 Å². The number of halogens is 2. The van der Waals surface area contributed by atoms with Crippen LogP contribution in [0.15, 0.2) is 24.5 Å². The highest BCUT2D eigenvalue weighted by atomic mass is 35.5. The molecule has 2 aromatic rings. The standard InChI is InChI=1S/C15H18ClFN4O/c1-20-5-4-18-13(20)10-19-12-3-2-11(16)14(17)15(12)21-6-8-22-9-7-21/h2-5,19H,6-10H2,1H3. The lowest BCUT2D eigenvalue weighted by molar-refractivity contribution is 0.122. The summed E-state index contributed by atoms with van der Waals surface area (Å²) in [7, 11) is 1.93. The number of anilines is 2. The first-order valence-corrected chi connectivity index (χ1v) is 7.55. The van der Waals surface area contributed by atoms with Crippen molar-refractivity contribution >= 4 is 23.0 Å². The van der Waals surface area contributed by atoms with E-state index in [0.29, 0.717) is 44.2 Å². The Morgan fingerprint density at radius 1 is 1.36 bits per heavy atom. The molecule has 1 aromatic carbocycles. The van der Waals surface area contributed by atoms with Gasteiger partial charge in [-0.3, -0.25) is 0 Å². The van der Waals surface area contributed by atoms with E-state index >= 15 is 0 Å². The van der Waals surface area contributed by atoms with E-state index in [0.717, 1.165) is 5.82 Å². The largest absolute Gasteiger partial charge is 0.378 e. The topological polar surface area (TPSA) is 42.3 Å². The first-order valence-electron chi connectivity index (χ1n) is 7.17. The monoisotopic (exact) mass is 324 g/mol. The third-order valence-electron chi connectivity index (χ3n) is 3.75. The first-order chi connectivity index (χ1) is 10.7. The fraction of sp³-hybridized carbons (Fsp3) is 0.400. The van der Waals surface area contributed by atoms with E-state index < -0.39 is 5.82 Å². The smallest absolute Gasteiger partial charge is 0.167 e. The third kappa shape index (κ3) is 3.03. The van der Waals surface area contributed by atoms with Crippen LogP contribution in [0.2, 0.25) is 5.02 Å². The van der Waals surface area contributed by atoms with Crippen LogP contribution < -0.4 is 10.2 Å². The molecule has 118 valence electrons. The average molecular weight is 325 g/mol. The van der Waals surface area contributed by atoms with E-state index in [1.165, 1.54) is 0 Å². The molecule has 1 fully saturated rings. The van der Waals surface area contributed by atoms with Gasteiger partial charge in [0.25, 0.3) is 0 Å². The van der Waals surface area contributed by atoms with Crippen LogP contribution in [0.25, 0.3) is 0 Å². The lowest BCUT2D eigenvalue weighted by Crippen LogP contribution is -2.37. The van der Waals surface area contributed by atoms with Crippen LogP contribution in [0.4, 0.5) is 15.8 Å². The Labute approximate surface area is 133 Å².